The summed E-state index contributed by atoms with van der Waals surface area (Å²) in [4.78, 5) is 11.2. The average molecular weight is 245 g/mol. The van der Waals surface area contributed by atoms with Gasteiger partial charge in [0.25, 0.3) is 0 Å². The van der Waals surface area contributed by atoms with E-state index in [1.807, 2.05) is 0 Å². The summed E-state index contributed by atoms with van der Waals surface area (Å²) < 4.78 is 18.4. The Bertz CT molecular complexity index is 569. The van der Waals surface area contributed by atoms with Crippen LogP contribution in [0.25, 0.3) is 0 Å². The van der Waals surface area contributed by atoms with Crippen LogP contribution in [0.3, 0.4) is 0 Å². The van der Waals surface area contributed by atoms with Crippen LogP contribution in [0.5, 0.6) is 5.75 Å². The van der Waals surface area contributed by atoms with E-state index in [0.717, 1.165) is 0 Å². The van der Waals surface area contributed by atoms with E-state index in [-0.39, 0.29) is 12.4 Å². The molecular weight excluding hydrogens is 233 g/mol. The number of carbonyl (C=O) groups excluding carboxylic acids is 1. The third-order valence-electron chi connectivity index (χ3n) is 2.47. The van der Waals surface area contributed by atoms with Crippen LogP contribution in [-0.4, -0.2) is 5.91 Å². The molecule has 0 aromatic heterocycles. The molecule has 0 aliphatic rings. The van der Waals surface area contributed by atoms with Gasteiger partial charge in [-0.05, 0) is 18.2 Å². The van der Waals surface area contributed by atoms with Gasteiger partial charge in [-0.15, -0.1) is 0 Å². The van der Waals surface area contributed by atoms with Crippen molar-refractivity contribution in [2.75, 3.05) is 0 Å². The van der Waals surface area contributed by atoms with Crippen LogP contribution < -0.4 is 10.5 Å². The quantitative estimate of drug-likeness (QED) is 0.899. The topological polar surface area (TPSA) is 52.3 Å². The van der Waals surface area contributed by atoms with Crippen molar-refractivity contribution in [3.05, 3.63) is 65.5 Å². The van der Waals surface area contributed by atoms with Gasteiger partial charge in [0.15, 0.2) is 0 Å². The Morgan fingerprint density at radius 2 is 1.94 bits per heavy atom. The molecule has 0 bridgehead atoms. The van der Waals surface area contributed by atoms with Crippen molar-refractivity contribution in [3.8, 4) is 5.75 Å². The van der Waals surface area contributed by atoms with Crippen LogP contribution in [-0.2, 0) is 6.61 Å². The number of ether oxygens (including phenoxy) is 1. The Morgan fingerprint density at radius 1 is 1.17 bits per heavy atom. The Morgan fingerprint density at radius 3 is 2.67 bits per heavy atom. The molecule has 0 unspecified atom stereocenters. The SMILES string of the molecule is NC(=O)c1ccccc1COc1cccc(F)c1. The second kappa shape index (κ2) is 5.31. The lowest BCUT2D eigenvalue weighted by Crippen LogP contribution is -2.14. The second-order valence-corrected chi connectivity index (χ2v) is 3.77. The third kappa shape index (κ3) is 2.85. The Balaban J connectivity index is 2.13. The molecule has 0 aliphatic carbocycles. The van der Waals surface area contributed by atoms with Crippen molar-refractivity contribution in [3.63, 3.8) is 0 Å². The van der Waals surface area contributed by atoms with Gasteiger partial charge in [0.1, 0.15) is 18.2 Å². The monoisotopic (exact) mass is 245 g/mol. The lowest BCUT2D eigenvalue weighted by molar-refractivity contribution is 0.0998. The molecule has 0 spiro atoms. The van der Waals surface area contributed by atoms with E-state index in [0.29, 0.717) is 16.9 Å². The summed E-state index contributed by atoms with van der Waals surface area (Å²) in [5, 5.41) is 0. The predicted octanol–water partition coefficient (Wildman–Crippen LogP) is 2.50. The van der Waals surface area contributed by atoms with Gasteiger partial charge in [0, 0.05) is 17.2 Å². The van der Waals surface area contributed by atoms with E-state index < -0.39 is 5.91 Å². The van der Waals surface area contributed by atoms with E-state index >= 15 is 0 Å². The van der Waals surface area contributed by atoms with Crippen molar-refractivity contribution >= 4 is 5.91 Å². The van der Waals surface area contributed by atoms with Crippen LogP contribution in [0.2, 0.25) is 0 Å². The maximum atomic E-state index is 12.9. The molecule has 0 radical (unpaired) electrons. The zero-order valence-corrected chi connectivity index (χ0v) is 9.60. The number of carbonyl (C=O) groups is 1. The van der Waals surface area contributed by atoms with Crippen molar-refractivity contribution in [2.45, 2.75) is 6.61 Å². The van der Waals surface area contributed by atoms with Crippen molar-refractivity contribution in [1.29, 1.82) is 0 Å². The first-order chi connectivity index (χ1) is 8.66. The Kier molecular flexibility index (Phi) is 3.57. The maximum Gasteiger partial charge on any atom is 0.249 e. The van der Waals surface area contributed by atoms with Crippen molar-refractivity contribution < 1.29 is 13.9 Å². The molecule has 1 amide bonds. The van der Waals surface area contributed by atoms with Crippen LogP contribution in [0.4, 0.5) is 4.39 Å². The van der Waals surface area contributed by atoms with Crippen LogP contribution in [0, 0.1) is 5.82 Å². The number of benzene rings is 2. The third-order valence-corrected chi connectivity index (χ3v) is 2.47. The first-order valence-corrected chi connectivity index (χ1v) is 5.43. The number of primary amides is 1. The molecule has 0 saturated carbocycles. The van der Waals surface area contributed by atoms with Gasteiger partial charge in [0.2, 0.25) is 5.91 Å². The highest BCUT2D eigenvalue weighted by atomic mass is 19.1. The summed E-state index contributed by atoms with van der Waals surface area (Å²) in [6, 6.07) is 12.7. The fraction of sp³-hybridized carbons (Fsp3) is 0.0714. The number of hydrogen-bond donors (Lipinski definition) is 1. The van der Waals surface area contributed by atoms with Gasteiger partial charge >= 0.3 is 0 Å². The summed E-state index contributed by atoms with van der Waals surface area (Å²) in [6.45, 7) is 0.169. The lowest BCUT2D eigenvalue weighted by Gasteiger charge is -2.09. The van der Waals surface area contributed by atoms with Gasteiger partial charge in [0.05, 0.1) is 0 Å². The Hall–Kier alpha value is -2.36. The standard InChI is InChI=1S/C14H12FNO2/c15-11-5-3-6-12(8-11)18-9-10-4-1-2-7-13(10)14(16)17/h1-8H,9H2,(H2,16,17). The largest absolute Gasteiger partial charge is 0.489 e. The molecule has 2 aromatic carbocycles. The van der Waals surface area contributed by atoms with Gasteiger partial charge in [-0.25, -0.2) is 4.39 Å². The molecule has 18 heavy (non-hydrogen) atoms. The highest BCUT2D eigenvalue weighted by molar-refractivity contribution is 5.94. The minimum atomic E-state index is -0.506. The predicted molar refractivity (Wildman–Crippen MR) is 65.7 cm³/mol. The Labute approximate surface area is 104 Å². The second-order valence-electron chi connectivity index (χ2n) is 3.77. The fourth-order valence-electron chi connectivity index (χ4n) is 1.60. The average Bonchev–Trinajstić information content (AvgIpc) is 2.37. The number of amides is 1. The number of nitrogens with two attached hydrogens (primary N) is 1. The zero-order chi connectivity index (χ0) is 13.0. The molecule has 2 aromatic rings. The van der Waals surface area contributed by atoms with Crippen LogP contribution >= 0.6 is 0 Å². The first-order valence-electron chi connectivity index (χ1n) is 5.43. The van der Waals surface area contributed by atoms with Crippen LogP contribution in [0.1, 0.15) is 15.9 Å². The van der Waals surface area contributed by atoms with E-state index in [9.17, 15) is 9.18 Å². The molecule has 0 fully saturated rings. The molecule has 0 saturated heterocycles. The summed E-state index contributed by atoms with van der Waals surface area (Å²) in [6.07, 6.45) is 0. The molecule has 0 aliphatic heterocycles. The van der Waals surface area contributed by atoms with Gasteiger partial charge < -0.3 is 10.5 Å². The van der Waals surface area contributed by atoms with Crippen LogP contribution in [0.15, 0.2) is 48.5 Å². The molecule has 3 nitrogen and oxygen atoms in total. The van der Waals surface area contributed by atoms with Gasteiger partial charge in [-0.1, -0.05) is 24.3 Å². The molecule has 0 atom stereocenters. The van der Waals surface area contributed by atoms with Crippen molar-refractivity contribution in [2.24, 2.45) is 5.73 Å². The van der Waals surface area contributed by atoms with Gasteiger partial charge in [-0.3, -0.25) is 4.79 Å². The first kappa shape index (κ1) is 12.1. The number of rotatable bonds is 4. The van der Waals surface area contributed by atoms with E-state index in [1.54, 1.807) is 36.4 Å². The van der Waals surface area contributed by atoms with E-state index in [4.69, 9.17) is 10.5 Å². The van der Waals surface area contributed by atoms with E-state index in [1.165, 1.54) is 12.1 Å². The summed E-state index contributed by atoms with van der Waals surface area (Å²) >= 11 is 0. The maximum absolute atomic E-state index is 12.9. The number of halogens is 1. The minimum Gasteiger partial charge on any atom is -0.489 e. The molecule has 2 N–H and O–H groups in total. The minimum absolute atomic E-state index is 0.169. The normalized spacial score (nSPS) is 10.1. The highest BCUT2D eigenvalue weighted by Gasteiger charge is 2.07. The fourth-order valence-corrected chi connectivity index (χ4v) is 1.60. The lowest BCUT2D eigenvalue weighted by atomic mass is 10.1. The summed E-state index contributed by atoms with van der Waals surface area (Å²) in [7, 11) is 0. The summed E-state index contributed by atoms with van der Waals surface area (Å²) in [5.41, 5.74) is 6.34. The molecule has 92 valence electrons. The molecule has 4 heteroatoms. The molecule has 2 rings (SSSR count). The van der Waals surface area contributed by atoms with E-state index in [2.05, 4.69) is 0 Å². The summed E-state index contributed by atoms with van der Waals surface area (Å²) in [5.74, 6) is -0.460. The highest BCUT2D eigenvalue weighted by Crippen LogP contribution is 2.15. The zero-order valence-electron chi connectivity index (χ0n) is 9.60. The van der Waals surface area contributed by atoms with Gasteiger partial charge in [-0.2, -0.15) is 0 Å². The molecular formula is C14H12FNO2. The molecule has 0 heterocycles. The van der Waals surface area contributed by atoms with Crippen molar-refractivity contribution in [1.82, 2.24) is 0 Å². The smallest absolute Gasteiger partial charge is 0.249 e. The number of hydrogen-bond acceptors (Lipinski definition) is 2.